The molecule has 0 saturated carbocycles. The maximum absolute atomic E-state index is 10.8. The number of carbonyl (C=O) groups excluding carboxylic acids is 1. The van der Waals surface area contributed by atoms with Crippen LogP contribution in [0.25, 0.3) is 0 Å². The molecule has 32 heavy (non-hydrogen) atoms. The first-order valence-electron chi connectivity index (χ1n) is 6.81. The minimum Gasteiger partial charge on any atom is -0.410 e. The van der Waals surface area contributed by atoms with Crippen molar-refractivity contribution >= 4 is 82.3 Å². The highest BCUT2D eigenvalue weighted by molar-refractivity contribution is 8.44. The Morgan fingerprint density at radius 1 is 0.781 bits per heavy atom. The molecule has 1 rings (SSSR count). The van der Waals surface area contributed by atoms with E-state index >= 15 is 0 Å². The number of thiol groups is 4. The van der Waals surface area contributed by atoms with Gasteiger partial charge in [-0.1, -0.05) is 61.1 Å². The number of amides is 1. The van der Waals surface area contributed by atoms with Gasteiger partial charge in [-0.15, -0.1) is 0 Å². The Bertz CT molecular complexity index is 735. The highest BCUT2D eigenvalue weighted by Gasteiger charge is 2.00. The van der Waals surface area contributed by atoms with Gasteiger partial charge in [0.25, 0.3) is 0 Å². The zero-order valence-electron chi connectivity index (χ0n) is 15.9. The molecule has 0 aliphatic rings. The normalized spacial score (nSPS) is 10.8. The minimum absolute atomic E-state index is 0.444. The molecule has 0 saturated heterocycles. The SMILES string of the molecule is CNC(=O)Oc1cccc(C)c1.O=P(O)(O)S.O=P(O)(O)S.O=P(O)(O)S.O=P(O)(O)S. The molecule has 0 aliphatic carbocycles. The highest BCUT2D eigenvalue weighted by Crippen LogP contribution is 2.40. The van der Waals surface area contributed by atoms with Gasteiger partial charge in [0.2, 0.25) is 0 Å². The largest absolute Gasteiger partial charge is 0.412 e. The first-order valence-corrected chi connectivity index (χ1v) is 17.9. The van der Waals surface area contributed by atoms with E-state index in [9.17, 15) is 23.1 Å². The zero-order chi connectivity index (χ0) is 27.0. The lowest BCUT2D eigenvalue weighted by Gasteiger charge is -2.02. The van der Waals surface area contributed by atoms with Gasteiger partial charge in [0.1, 0.15) is 5.75 Å². The van der Waals surface area contributed by atoms with E-state index in [1.807, 2.05) is 19.1 Å². The van der Waals surface area contributed by atoms with Crippen LogP contribution in [0.3, 0.4) is 0 Å². The molecule has 0 spiro atoms. The van der Waals surface area contributed by atoms with Crippen LogP contribution in [0, 0.1) is 6.92 Å². The fraction of sp³-hybridized carbons (Fsp3) is 0.222. The van der Waals surface area contributed by atoms with E-state index in [-0.39, 0.29) is 0 Å². The molecule has 1 aromatic carbocycles. The molecule has 1 amide bonds. The van der Waals surface area contributed by atoms with Gasteiger partial charge in [0, 0.05) is 7.05 Å². The van der Waals surface area contributed by atoms with Crippen molar-refractivity contribution in [3.05, 3.63) is 29.8 Å². The number of aryl methyl sites for hydroxylation is 1. The van der Waals surface area contributed by atoms with Crippen LogP contribution in [0.4, 0.5) is 4.79 Å². The van der Waals surface area contributed by atoms with Gasteiger partial charge in [-0.2, -0.15) is 0 Å². The smallest absolute Gasteiger partial charge is 0.410 e. The third-order valence-electron chi connectivity index (χ3n) is 1.40. The summed E-state index contributed by atoms with van der Waals surface area (Å²) in [6, 6.07) is 7.32. The molecular formula is C9H23NO14P4S4. The van der Waals surface area contributed by atoms with Crippen molar-refractivity contribution in [3.63, 3.8) is 0 Å². The van der Waals surface area contributed by atoms with E-state index in [2.05, 4.69) is 54.3 Å². The summed E-state index contributed by atoms with van der Waals surface area (Å²) >= 11 is 11.2. The molecule has 192 valence electrons. The van der Waals surface area contributed by atoms with Crippen LogP contribution in [0.2, 0.25) is 0 Å². The van der Waals surface area contributed by atoms with Gasteiger partial charge < -0.3 is 49.2 Å². The molecular weight excluding hydrogens is 598 g/mol. The molecule has 0 unspecified atom stereocenters. The summed E-state index contributed by atoms with van der Waals surface area (Å²) in [4.78, 5) is 70.7. The zero-order valence-corrected chi connectivity index (χ0v) is 23.1. The first-order chi connectivity index (χ1) is 13.7. The van der Waals surface area contributed by atoms with Crippen LogP contribution in [0.5, 0.6) is 5.75 Å². The average molecular weight is 621 g/mol. The van der Waals surface area contributed by atoms with Crippen LogP contribution in [0.1, 0.15) is 5.56 Å². The van der Waals surface area contributed by atoms with Crippen LogP contribution >= 0.6 is 76.2 Å². The predicted octanol–water partition coefficient (Wildman–Crippen LogP) is 1.75. The van der Waals surface area contributed by atoms with Gasteiger partial charge in [0.15, 0.2) is 0 Å². The number of nitrogens with one attached hydrogen (secondary N) is 1. The Morgan fingerprint density at radius 3 is 1.28 bits per heavy atom. The molecule has 0 atom stereocenters. The van der Waals surface area contributed by atoms with Crippen molar-refractivity contribution in [1.82, 2.24) is 5.32 Å². The first kappa shape index (κ1) is 39.7. The summed E-state index contributed by atoms with van der Waals surface area (Å²) in [5, 5.41) is 2.37. The third-order valence-corrected chi connectivity index (χ3v) is 1.40. The molecule has 0 radical (unpaired) electrons. The van der Waals surface area contributed by atoms with E-state index < -0.39 is 33.3 Å². The molecule has 15 nitrogen and oxygen atoms in total. The quantitative estimate of drug-likeness (QED) is 0.157. The van der Waals surface area contributed by atoms with Crippen LogP contribution in [0.15, 0.2) is 24.3 Å². The van der Waals surface area contributed by atoms with Gasteiger partial charge in [0.05, 0.1) is 0 Å². The lowest BCUT2D eigenvalue weighted by molar-refractivity contribution is 0.203. The Labute approximate surface area is 203 Å². The van der Waals surface area contributed by atoms with E-state index in [0.29, 0.717) is 5.75 Å². The Kier molecular flexibility index (Phi) is 23.3. The predicted molar refractivity (Wildman–Crippen MR) is 130 cm³/mol. The molecule has 23 heteroatoms. The van der Waals surface area contributed by atoms with Crippen molar-refractivity contribution in [2.45, 2.75) is 6.92 Å². The molecule has 9 N–H and O–H groups in total. The van der Waals surface area contributed by atoms with Gasteiger partial charge in [-0.05, 0) is 24.6 Å². The summed E-state index contributed by atoms with van der Waals surface area (Å²) in [6.45, 7) is -13.8. The Morgan fingerprint density at radius 2 is 1.06 bits per heavy atom. The second-order valence-corrected chi connectivity index (χ2v) is 14.9. The number of hydrogen-bond donors (Lipinski definition) is 13. The highest BCUT2D eigenvalue weighted by atomic mass is 32.7. The van der Waals surface area contributed by atoms with Crippen molar-refractivity contribution in [3.8, 4) is 5.75 Å². The topological polar surface area (TPSA) is 268 Å². The van der Waals surface area contributed by atoms with Crippen molar-refractivity contribution in [2.75, 3.05) is 7.05 Å². The Balaban J connectivity index is -0.000000167. The van der Waals surface area contributed by atoms with E-state index in [4.69, 9.17) is 43.9 Å². The summed E-state index contributed by atoms with van der Waals surface area (Å²) in [5.74, 6) is 0.564. The summed E-state index contributed by atoms with van der Waals surface area (Å²) in [7, 11) is 1.53. The lowest BCUT2D eigenvalue weighted by atomic mass is 10.2. The molecule has 0 bridgehead atoms. The number of ether oxygens (including phenoxy) is 1. The second kappa shape index (κ2) is 18.8. The fourth-order valence-corrected chi connectivity index (χ4v) is 0.837. The van der Waals surface area contributed by atoms with E-state index in [1.54, 1.807) is 12.1 Å². The maximum atomic E-state index is 10.8. The number of rotatable bonds is 1. The van der Waals surface area contributed by atoms with E-state index in [0.717, 1.165) is 5.56 Å². The van der Waals surface area contributed by atoms with Crippen molar-refractivity contribution < 1.29 is 66.9 Å². The minimum atomic E-state index is -3.94. The van der Waals surface area contributed by atoms with E-state index in [1.165, 1.54) is 7.05 Å². The van der Waals surface area contributed by atoms with Crippen LogP contribution in [-0.4, -0.2) is 52.3 Å². The van der Waals surface area contributed by atoms with Gasteiger partial charge >= 0.3 is 33.3 Å². The average Bonchev–Trinajstić information content (AvgIpc) is 2.39. The van der Waals surface area contributed by atoms with Crippen LogP contribution < -0.4 is 10.1 Å². The summed E-state index contributed by atoms with van der Waals surface area (Å²) in [5.41, 5.74) is 1.07. The third kappa shape index (κ3) is 97.5. The van der Waals surface area contributed by atoms with Gasteiger partial charge in [-0.25, -0.2) is 23.1 Å². The molecule has 0 heterocycles. The molecule has 1 aromatic rings. The molecule has 0 aliphatic heterocycles. The molecule has 0 fully saturated rings. The second-order valence-electron chi connectivity index (χ2n) is 4.51. The number of carbonyl (C=O) groups is 1. The monoisotopic (exact) mass is 621 g/mol. The van der Waals surface area contributed by atoms with Crippen molar-refractivity contribution in [1.29, 1.82) is 0 Å². The molecule has 0 aromatic heterocycles. The number of benzene rings is 1. The summed E-state index contributed by atoms with van der Waals surface area (Å²) in [6.07, 6.45) is -0.444. The lowest BCUT2D eigenvalue weighted by Crippen LogP contribution is -2.21. The van der Waals surface area contributed by atoms with Crippen molar-refractivity contribution in [2.24, 2.45) is 0 Å². The van der Waals surface area contributed by atoms with Gasteiger partial charge in [-0.3, -0.25) is 0 Å². The standard InChI is InChI=1S/C9H11NO2.4H3O3PS/c1-7-4-3-5-8(6-7)12-9(11)10-2;4*1-4(2,3)5/h3-6H,1-2H3,(H,10,11);4*(H3,1,2,3,5). The maximum Gasteiger partial charge on any atom is 0.412 e. The summed E-state index contributed by atoms with van der Waals surface area (Å²) < 4.78 is 41.7. The number of hydrogen-bond acceptors (Lipinski definition) is 6. The fourth-order valence-electron chi connectivity index (χ4n) is 0.837. The van der Waals surface area contributed by atoms with Crippen LogP contribution in [-0.2, 0) is 18.3 Å². The Hall–Kier alpha value is 0.490.